The second-order valence-electron chi connectivity index (χ2n) is 4.74. The molecule has 0 spiro atoms. The number of nitrogens with zero attached hydrogens (tertiary/aromatic N) is 1. The zero-order valence-electron chi connectivity index (χ0n) is 11.4. The first kappa shape index (κ1) is 17.2. The minimum absolute atomic E-state index is 0.0890. The molecule has 21 heavy (non-hydrogen) atoms. The van der Waals surface area contributed by atoms with E-state index < -0.39 is 23.7 Å². The number of alkyl halides is 3. The molecule has 10 heteroatoms. The minimum Gasteiger partial charge on any atom is -0.479 e. The number of carboxylic acid groups (broad SMARTS) is 1. The number of thiazole rings is 1. The van der Waals surface area contributed by atoms with Crippen LogP contribution in [0.5, 0.6) is 0 Å². The fraction of sp³-hybridized carbons (Fsp3) is 0.545. The van der Waals surface area contributed by atoms with Gasteiger partial charge in [-0.05, 0) is 12.8 Å². The molecular weight excluding hydrogens is 311 g/mol. The standard InChI is InChI=1S/C11H14F3N3O3S/c1-5(2)6-4-21-9(15-6)16-8(20)17-10(3,7(18)19)11(12,13)14/h4-5H,1-3H3,(H,18,19)(H2,15,16,17,20). The smallest absolute Gasteiger partial charge is 0.422 e. The molecule has 1 aromatic rings. The van der Waals surface area contributed by atoms with Crippen molar-refractivity contribution in [3.8, 4) is 0 Å². The molecule has 3 N–H and O–H groups in total. The van der Waals surface area contributed by atoms with Crippen LogP contribution in [0.1, 0.15) is 32.4 Å². The Kier molecular flexibility index (Phi) is 4.82. The summed E-state index contributed by atoms with van der Waals surface area (Å²) >= 11 is 1.04. The number of hydrogen-bond donors (Lipinski definition) is 3. The number of carboxylic acids is 1. The number of halogens is 3. The number of anilines is 1. The number of aliphatic carboxylic acids is 1. The van der Waals surface area contributed by atoms with Gasteiger partial charge in [0.15, 0.2) is 5.13 Å². The molecule has 1 unspecified atom stereocenters. The van der Waals surface area contributed by atoms with Gasteiger partial charge in [0, 0.05) is 5.38 Å². The van der Waals surface area contributed by atoms with Crippen LogP contribution in [0, 0.1) is 0 Å². The van der Waals surface area contributed by atoms with Gasteiger partial charge in [0.25, 0.3) is 0 Å². The summed E-state index contributed by atoms with van der Waals surface area (Å²) in [6.45, 7) is 4.10. The van der Waals surface area contributed by atoms with E-state index in [0.29, 0.717) is 12.6 Å². The third-order valence-corrected chi connectivity index (χ3v) is 3.47. The lowest BCUT2D eigenvalue weighted by Gasteiger charge is -2.28. The molecule has 0 aliphatic heterocycles. The van der Waals surface area contributed by atoms with Crippen molar-refractivity contribution in [3.63, 3.8) is 0 Å². The van der Waals surface area contributed by atoms with E-state index in [-0.39, 0.29) is 11.0 Å². The highest BCUT2D eigenvalue weighted by atomic mass is 32.1. The summed E-state index contributed by atoms with van der Waals surface area (Å²) in [4.78, 5) is 26.3. The summed E-state index contributed by atoms with van der Waals surface area (Å²) in [5, 5.41) is 13.9. The second kappa shape index (κ2) is 5.88. The Hall–Kier alpha value is -1.84. The minimum atomic E-state index is -5.14. The van der Waals surface area contributed by atoms with Crippen molar-refractivity contribution in [2.75, 3.05) is 5.32 Å². The first-order valence-corrected chi connectivity index (χ1v) is 6.70. The zero-order valence-corrected chi connectivity index (χ0v) is 12.2. The maximum atomic E-state index is 12.7. The van der Waals surface area contributed by atoms with Gasteiger partial charge in [-0.2, -0.15) is 13.2 Å². The highest BCUT2D eigenvalue weighted by molar-refractivity contribution is 7.13. The van der Waals surface area contributed by atoms with Gasteiger partial charge in [-0.25, -0.2) is 14.6 Å². The van der Waals surface area contributed by atoms with Crippen molar-refractivity contribution in [3.05, 3.63) is 11.1 Å². The molecule has 0 fully saturated rings. The SMILES string of the molecule is CC(C)c1csc(NC(=O)NC(C)(C(=O)O)C(F)(F)F)n1. The van der Waals surface area contributed by atoms with Crippen LogP contribution in [0.15, 0.2) is 5.38 Å². The lowest BCUT2D eigenvalue weighted by molar-refractivity contribution is -0.203. The molecule has 0 saturated heterocycles. The van der Waals surface area contributed by atoms with Gasteiger partial charge in [0.2, 0.25) is 5.54 Å². The average molecular weight is 325 g/mol. The summed E-state index contributed by atoms with van der Waals surface area (Å²) < 4.78 is 38.2. The first-order valence-electron chi connectivity index (χ1n) is 5.82. The van der Waals surface area contributed by atoms with Crippen molar-refractivity contribution in [1.82, 2.24) is 10.3 Å². The third-order valence-electron chi connectivity index (χ3n) is 2.69. The maximum Gasteiger partial charge on any atom is 0.422 e. The molecule has 0 radical (unpaired) electrons. The Morgan fingerprint density at radius 1 is 1.38 bits per heavy atom. The van der Waals surface area contributed by atoms with Crippen LogP contribution in [0.25, 0.3) is 0 Å². The molecule has 118 valence electrons. The van der Waals surface area contributed by atoms with Crippen LogP contribution < -0.4 is 10.6 Å². The summed E-state index contributed by atoms with van der Waals surface area (Å²) in [6.07, 6.45) is -5.14. The van der Waals surface area contributed by atoms with Gasteiger partial charge >= 0.3 is 18.2 Å². The quantitative estimate of drug-likeness (QED) is 0.794. The van der Waals surface area contributed by atoms with Gasteiger partial charge < -0.3 is 10.4 Å². The highest BCUT2D eigenvalue weighted by Gasteiger charge is 2.58. The van der Waals surface area contributed by atoms with Crippen LogP contribution in [0.4, 0.5) is 23.1 Å². The lowest BCUT2D eigenvalue weighted by atomic mass is 10.0. The highest BCUT2D eigenvalue weighted by Crippen LogP contribution is 2.30. The van der Waals surface area contributed by atoms with Crippen LogP contribution >= 0.6 is 11.3 Å². The fourth-order valence-corrected chi connectivity index (χ4v) is 2.08. The van der Waals surface area contributed by atoms with Crippen molar-refractivity contribution in [2.24, 2.45) is 0 Å². The number of rotatable bonds is 4. The van der Waals surface area contributed by atoms with E-state index in [2.05, 4.69) is 10.3 Å². The molecule has 1 rings (SSSR count). The molecule has 0 aromatic carbocycles. The van der Waals surface area contributed by atoms with E-state index in [1.165, 1.54) is 5.32 Å². The number of amides is 2. The number of aromatic nitrogens is 1. The van der Waals surface area contributed by atoms with Gasteiger partial charge in [0.1, 0.15) is 0 Å². The normalized spacial score (nSPS) is 14.6. The summed E-state index contributed by atoms with van der Waals surface area (Å²) in [6, 6.07) is -1.29. The molecule has 1 atom stereocenters. The molecule has 1 aromatic heterocycles. The van der Waals surface area contributed by atoms with Crippen LogP contribution in [0.2, 0.25) is 0 Å². The Bertz CT molecular complexity index is 544. The van der Waals surface area contributed by atoms with Crippen molar-refractivity contribution >= 4 is 28.5 Å². The largest absolute Gasteiger partial charge is 0.479 e. The lowest BCUT2D eigenvalue weighted by Crippen LogP contribution is -2.62. The molecule has 6 nitrogen and oxygen atoms in total. The van der Waals surface area contributed by atoms with E-state index >= 15 is 0 Å². The van der Waals surface area contributed by atoms with Crippen LogP contribution in [-0.2, 0) is 4.79 Å². The predicted octanol–water partition coefficient (Wildman–Crippen LogP) is 2.79. The molecule has 0 aliphatic rings. The van der Waals surface area contributed by atoms with Crippen molar-refractivity contribution < 1.29 is 27.9 Å². The monoisotopic (exact) mass is 325 g/mol. The molecular formula is C11H14F3N3O3S. The van der Waals surface area contributed by atoms with Gasteiger partial charge in [0.05, 0.1) is 5.69 Å². The van der Waals surface area contributed by atoms with E-state index in [9.17, 15) is 22.8 Å². The number of hydrogen-bond acceptors (Lipinski definition) is 4. The zero-order chi connectivity index (χ0) is 16.4. The molecule has 0 saturated carbocycles. The first-order chi connectivity index (χ1) is 9.47. The van der Waals surface area contributed by atoms with Gasteiger partial charge in [-0.3, -0.25) is 5.32 Å². The Morgan fingerprint density at radius 3 is 2.33 bits per heavy atom. The molecule has 0 aliphatic carbocycles. The summed E-state index contributed by atoms with van der Waals surface area (Å²) in [5.41, 5.74) is -2.71. The van der Waals surface area contributed by atoms with Crippen molar-refractivity contribution in [1.29, 1.82) is 0 Å². The summed E-state index contributed by atoms with van der Waals surface area (Å²) in [7, 11) is 0. The maximum absolute atomic E-state index is 12.7. The van der Waals surface area contributed by atoms with E-state index in [1.54, 1.807) is 5.38 Å². The Labute approximate surface area is 122 Å². The molecule has 2 amide bonds. The van der Waals surface area contributed by atoms with Crippen LogP contribution in [0.3, 0.4) is 0 Å². The van der Waals surface area contributed by atoms with Crippen molar-refractivity contribution in [2.45, 2.75) is 38.4 Å². The molecule has 1 heterocycles. The Morgan fingerprint density at radius 2 is 1.95 bits per heavy atom. The van der Waals surface area contributed by atoms with Crippen LogP contribution in [-0.4, -0.2) is 33.8 Å². The number of urea groups is 1. The topological polar surface area (TPSA) is 91.3 Å². The summed E-state index contributed by atoms with van der Waals surface area (Å²) in [5.74, 6) is -2.11. The van der Waals surface area contributed by atoms with Gasteiger partial charge in [-0.15, -0.1) is 11.3 Å². The number of nitrogens with one attached hydrogen (secondary N) is 2. The van der Waals surface area contributed by atoms with E-state index in [0.717, 1.165) is 11.3 Å². The third kappa shape index (κ3) is 3.84. The number of carbonyl (C=O) groups is 2. The average Bonchev–Trinajstić information content (AvgIpc) is 2.75. The second-order valence-corrected chi connectivity index (χ2v) is 5.60. The predicted molar refractivity (Wildman–Crippen MR) is 70.5 cm³/mol. The molecule has 0 bridgehead atoms. The fourth-order valence-electron chi connectivity index (χ4n) is 1.21. The Balaban J connectivity index is 2.82. The number of carbonyl (C=O) groups excluding carboxylic acids is 1. The van der Waals surface area contributed by atoms with Gasteiger partial charge in [-0.1, -0.05) is 13.8 Å². The van der Waals surface area contributed by atoms with E-state index in [1.807, 2.05) is 13.8 Å². The van der Waals surface area contributed by atoms with E-state index in [4.69, 9.17) is 5.11 Å².